The molecule has 2 saturated heterocycles. The first kappa shape index (κ1) is 26.6. The molecule has 0 unspecified atom stereocenters. The number of rotatable bonds is 9. The molecule has 5 rings (SSSR count). The Morgan fingerprint density at radius 3 is 2.35 bits per heavy atom. The van der Waals surface area contributed by atoms with Gasteiger partial charge in [0.2, 0.25) is 10.0 Å². The summed E-state index contributed by atoms with van der Waals surface area (Å²) in [5.74, 6) is 0.812. The number of fused-ring (bicyclic) bond motifs is 1. The van der Waals surface area contributed by atoms with Crippen LogP contribution in [-0.4, -0.2) is 86.3 Å². The minimum Gasteiger partial charge on any atom is -0.379 e. The highest BCUT2D eigenvalue weighted by Crippen LogP contribution is 2.30. The van der Waals surface area contributed by atoms with E-state index in [0.717, 1.165) is 67.8 Å². The Morgan fingerprint density at radius 2 is 1.62 bits per heavy atom. The van der Waals surface area contributed by atoms with Crippen molar-refractivity contribution in [3.63, 3.8) is 0 Å². The highest BCUT2D eigenvalue weighted by molar-refractivity contribution is 7.98. The normalized spacial score (nSPS) is 18.0. The van der Waals surface area contributed by atoms with Crippen LogP contribution in [0, 0.1) is 13.8 Å². The van der Waals surface area contributed by atoms with Crippen LogP contribution in [0.1, 0.15) is 23.1 Å². The van der Waals surface area contributed by atoms with Crippen molar-refractivity contribution in [1.29, 1.82) is 0 Å². The molecule has 1 aromatic heterocycles. The van der Waals surface area contributed by atoms with Crippen LogP contribution in [0.2, 0.25) is 0 Å². The molecule has 10 heteroatoms. The van der Waals surface area contributed by atoms with Crippen molar-refractivity contribution in [2.24, 2.45) is 0 Å². The van der Waals surface area contributed by atoms with Crippen molar-refractivity contribution in [2.75, 3.05) is 59.2 Å². The molecule has 3 aromatic rings. The van der Waals surface area contributed by atoms with Gasteiger partial charge >= 0.3 is 0 Å². The molecule has 0 aliphatic carbocycles. The van der Waals surface area contributed by atoms with Crippen LogP contribution >= 0.6 is 11.8 Å². The molecule has 2 aliphatic heterocycles. The molecule has 0 bridgehead atoms. The Hall–Kier alpha value is -1.95. The molecule has 0 atom stereocenters. The van der Waals surface area contributed by atoms with Crippen molar-refractivity contribution in [3.05, 3.63) is 53.1 Å². The second-order valence-corrected chi connectivity index (χ2v) is 12.6. The summed E-state index contributed by atoms with van der Waals surface area (Å²) in [6.07, 6.45) is 0.997. The average Bonchev–Trinajstić information content (AvgIpc) is 3.27. The minimum atomic E-state index is -3.57. The Kier molecular flexibility index (Phi) is 8.53. The highest BCUT2D eigenvalue weighted by atomic mass is 32.2. The van der Waals surface area contributed by atoms with Gasteiger partial charge in [0.05, 0.1) is 42.4 Å². The fourth-order valence-corrected chi connectivity index (χ4v) is 7.24. The zero-order valence-corrected chi connectivity index (χ0v) is 23.3. The molecule has 2 aliphatic rings. The second kappa shape index (κ2) is 11.8. The van der Waals surface area contributed by atoms with E-state index in [4.69, 9.17) is 14.5 Å². The van der Waals surface area contributed by atoms with Gasteiger partial charge in [-0.25, -0.2) is 13.4 Å². The Labute approximate surface area is 224 Å². The summed E-state index contributed by atoms with van der Waals surface area (Å²) in [6.45, 7) is 11.3. The summed E-state index contributed by atoms with van der Waals surface area (Å²) >= 11 is 1.71. The summed E-state index contributed by atoms with van der Waals surface area (Å²) in [4.78, 5) is 7.68. The third kappa shape index (κ3) is 6.21. The van der Waals surface area contributed by atoms with Gasteiger partial charge in [0, 0.05) is 45.0 Å². The monoisotopic (exact) mass is 544 g/mol. The molecule has 8 nitrogen and oxygen atoms in total. The summed E-state index contributed by atoms with van der Waals surface area (Å²) in [5.41, 5.74) is 5.54. The molecule has 0 spiro atoms. The molecule has 0 saturated carbocycles. The fraction of sp³-hybridized carbons (Fsp3) is 0.519. The largest absolute Gasteiger partial charge is 0.379 e. The molecule has 200 valence electrons. The molecule has 0 radical (unpaired) electrons. The molecule has 2 fully saturated rings. The summed E-state index contributed by atoms with van der Waals surface area (Å²) in [6, 6.07) is 12.0. The Morgan fingerprint density at radius 1 is 0.892 bits per heavy atom. The van der Waals surface area contributed by atoms with Crippen molar-refractivity contribution in [1.82, 2.24) is 18.8 Å². The van der Waals surface area contributed by atoms with Gasteiger partial charge in [0.25, 0.3) is 0 Å². The molecule has 0 amide bonds. The van der Waals surface area contributed by atoms with Crippen LogP contribution in [0.3, 0.4) is 0 Å². The lowest BCUT2D eigenvalue weighted by Crippen LogP contribution is -2.40. The van der Waals surface area contributed by atoms with E-state index in [-0.39, 0.29) is 0 Å². The van der Waals surface area contributed by atoms with E-state index in [9.17, 15) is 8.42 Å². The smallest absolute Gasteiger partial charge is 0.243 e. The van der Waals surface area contributed by atoms with Crippen LogP contribution in [0.5, 0.6) is 0 Å². The van der Waals surface area contributed by atoms with E-state index in [0.29, 0.717) is 31.2 Å². The number of morpholine rings is 2. The second-order valence-electron chi connectivity index (χ2n) is 9.73. The lowest BCUT2D eigenvalue weighted by molar-refractivity contribution is 0.0369. The maximum atomic E-state index is 13.3. The van der Waals surface area contributed by atoms with Crippen LogP contribution in [0.4, 0.5) is 0 Å². The number of thioether (sulfide) groups is 1. The van der Waals surface area contributed by atoms with Crippen molar-refractivity contribution in [3.8, 4) is 0 Å². The lowest BCUT2D eigenvalue weighted by atomic mass is 10.1. The quantitative estimate of drug-likeness (QED) is 0.380. The summed E-state index contributed by atoms with van der Waals surface area (Å²) < 4.78 is 41.1. The van der Waals surface area contributed by atoms with Crippen molar-refractivity contribution in [2.45, 2.75) is 42.6 Å². The van der Waals surface area contributed by atoms with Gasteiger partial charge < -0.3 is 14.0 Å². The van der Waals surface area contributed by atoms with Crippen LogP contribution in [-0.2, 0) is 31.8 Å². The van der Waals surface area contributed by atoms with Gasteiger partial charge in [-0.15, -0.1) is 0 Å². The van der Waals surface area contributed by atoms with Crippen LogP contribution in [0.25, 0.3) is 11.0 Å². The van der Waals surface area contributed by atoms with Gasteiger partial charge in [0.15, 0.2) is 5.16 Å². The topological polar surface area (TPSA) is 76.9 Å². The Bertz CT molecular complexity index is 1330. The Balaban J connectivity index is 1.40. The van der Waals surface area contributed by atoms with Gasteiger partial charge in [-0.2, -0.15) is 4.31 Å². The average molecular weight is 545 g/mol. The van der Waals surface area contributed by atoms with Gasteiger partial charge in [-0.05, 0) is 55.2 Å². The maximum absolute atomic E-state index is 13.3. The lowest BCUT2D eigenvalue weighted by Gasteiger charge is -2.26. The van der Waals surface area contributed by atoms with E-state index >= 15 is 0 Å². The molecular weight excluding hydrogens is 508 g/mol. The zero-order valence-electron chi connectivity index (χ0n) is 21.7. The molecule has 0 N–H and O–H groups in total. The molecule has 3 heterocycles. The zero-order chi connectivity index (χ0) is 25.8. The number of aryl methyl sites for hydroxylation is 3. The number of hydrogen-bond acceptors (Lipinski definition) is 7. The van der Waals surface area contributed by atoms with Crippen molar-refractivity contribution >= 4 is 32.8 Å². The maximum Gasteiger partial charge on any atom is 0.243 e. The van der Waals surface area contributed by atoms with Gasteiger partial charge in [0.1, 0.15) is 0 Å². The number of sulfonamides is 1. The minimum absolute atomic E-state index is 0.297. The molecular formula is C27H36N4O4S2. The fourth-order valence-electron chi connectivity index (χ4n) is 4.83. The number of nitrogens with zero attached hydrogens (tertiary/aromatic N) is 4. The highest BCUT2D eigenvalue weighted by Gasteiger charge is 2.27. The predicted molar refractivity (Wildman–Crippen MR) is 147 cm³/mol. The predicted octanol–water partition coefficient (Wildman–Crippen LogP) is 3.69. The van der Waals surface area contributed by atoms with Gasteiger partial charge in [-0.1, -0.05) is 30.0 Å². The number of ether oxygens (including phenoxy) is 2. The number of aromatic nitrogens is 2. The summed E-state index contributed by atoms with van der Waals surface area (Å²) in [7, 11) is -3.57. The number of benzene rings is 2. The number of hydrogen-bond donors (Lipinski definition) is 0. The molecule has 37 heavy (non-hydrogen) atoms. The summed E-state index contributed by atoms with van der Waals surface area (Å²) in [5, 5.41) is 0.927. The van der Waals surface area contributed by atoms with Crippen LogP contribution in [0.15, 0.2) is 46.5 Å². The first-order valence-corrected chi connectivity index (χ1v) is 15.4. The number of imidazole rings is 1. The third-order valence-electron chi connectivity index (χ3n) is 7.19. The third-order valence-corrected chi connectivity index (χ3v) is 10.1. The van der Waals surface area contributed by atoms with E-state index < -0.39 is 10.0 Å². The first-order valence-electron chi connectivity index (χ1n) is 13.0. The first-order chi connectivity index (χ1) is 17.9. The van der Waals surface area contributed by atoms with Crippen LogP contribution < -0.4 is 0 Å². The SMILES string of the molecule is Cc1ccc(CSc2nc3cc(S(=O)(=O)N4CCOCC4)ccc3n2CCCN2CCOCC2)cc1C. The standard InChI is InChI=1S/C27H36N4O4S2/c1-21-4-5-23(18-22(21)2)20-36-27-28-25-19-24(37(32,33)30-12-16-35-17-13-30)6-7-26(25)31(27)9-3-8-29-10-14-34-15-11-29/h4-7,18-19H,3,8-17,20H2,1-2H3. The van der Waals surface area contributed by atoms with Crippen molar-refractivity contribution < 1.29 is 17.9 Å². The van der Waals surface area contributed by atoms with E-state index in [2.05, 4.69) is 41.5 Å². The van der Waals surface area contributed by atoms with E-state index in [1.807, 2.05) is 6.07 Å². The van der Waals surface area contributed by atoms with E-state index in [1.54, 1.807) is 23.9 Å². The molecule has 2 aromatic carbocycles. The van der Waals surface area contributed by atoms with Gasteiger partial charge in [-0.3, -0.25) is 4.90 Å². The van der Waals surface area contributed by atoms with E-state index in [1.165, 1.54) is 21.0 Å².